The van der Waals surface area contributed by atoms with E-state index in [0.29, 0.717) is 28.7 Å². The van der Waals surface area contributed by atoms with Crippen molar-refractivity contribution in [3.05, 3.63) is 141 Å². The van der Waals surface area contributed by atoms with Crippen LogP contribution in [0.1, 0.15) is 240 Å². The zero-order valence-corrected chi connectivity index (χ0v) is 57.6. The van der Waals surface area contributed by atoms with E-state index in [1.807, 2.05) is 88.4 Å². The van der Waals surface area contributed by atoms with E-state index in [1.165, 1.54) is 72.2 Å². The molecule has 0 aliphatic heterocycles. The topological polar surface area (TPSA) is 141 Å². The zero-order valence-electron chi connectivity index (χ0n) is 57.6. The number of carbonyl (C=O) groups is 5. The van der Waals surface area contributed by atoms with Gasteiger partial charge in [-0.1, -0.05) is 134 Å². The fraction of sp³-hybridized carbons (Fsp3) is 0.527. The van der Waals surface area contributed by atoms with Crippen LogP contribution in [0.5, 0.6) is 34.5 Å². The first-order valence-electron chi connectivity index (χ1n) is 30.1. The van der Waals surface area contributed by atoms with Gasteiger partial charge in [0.15, 0.2) is 0 Å². The molecule has 0 N–H and O–H groups in total. The summed E-state index contributed by atoms with van der Waals surface area (Å²) in [5.41, 5.74) is 12.4. The fourth-order valence-electron chi connectivity index (χ4n) is 9.28. The minimum Gasteiger partial charge on any atom is -0.496 e. The summed E-state index contributed by atoms with van der Waals surface area (Å²) in [6.45, 7) is 54.5. The van der Waals surface area contributed by atoms with E-state index in [4.69, 9.17) is 28.4 Å². The lowest BCUT2D eigenvalue weighted by Gasteiger charge is -2.28. The Bertz CT molecular complexity index is 2990. The van der Waals surface area contributed by atoms with Gasteiger partial charge in [0.1, 0.15) is 34.5 Å². The first-order chi connectivity index (χ1) is 39.0. The molecule has 0 amide bonds. The maximum absolute atomic E-state index is 11.7. The number of benzene rings is 5. The van der Waals surface area contributed by atoms with Crippen molar-refractivity contribution in [1.29, 1.82) is 0 Å². The van der Waals surface area contributed by atoms with Crippen molar-refractivity contribution < 1.29 is 52.4 Å². The Kier molecular flexibility index (Phi) is 29.3. The van der Waals surface area contributed by atoms with Gasteiger partial charge in [-0.25, -0.2) is 0 Å². The average Bonchev–Trinajstić information content (AvgIpc) is 3.62. The molecular weight excluding hydrogens is 1060 g/mol. The van der Waals surface area contributed by atoms with E-state index >= 15 is 0 Å². The van der Waals surface area contributed by atoms with Crippen molar-refractivity contribution in [2.75, 3.05) is 7.11 Å². The van der Waals surface area contributed by atoms with Gasteiger partial charge in [-0.2, -0.15) is 0 Å². The summed E-state index contributed by atoms with van der Waals surface area (Å²) in [4.78, 5) is 55.4. The number of hydrogen-bond donors (Lipinski definition) is 0. The predicted octanol–water partition coefficient (Wildman–Crippen LogP) is 19.1. The van der Waals surface area contributed by atoms with Gasteiger partial charge in [0.25, 0.3) is 0 Å². The van der Waals surface area contributed by atoms with Crippen molar-refractivity contribution >= 4 is 29.8 Å². The van der Waals surface area contributed by atoms with E-state index < -0.39 is 5.41 Å². The molecule has 0 saturated heterocycles. The normalized spacial score (nSPS) is 11.5. The summed E-state index contributed by atoms with van der Waals surface area (Å²) in [7, 11) is 1.63. The zero-order chi connectivity index (χ0) is 65.8. The predicted molar refractivity (Wildman–Crippen MR) is 349 cm³/mol. The summed E-state index contributed by atoms with van der Waals surface area (Å²) in [5, 5.41) is 0. The van der Waals surface area contributed by atoms with E-state index in [-0.39, 0.29) is 56.9 Å². The number of hydrogen-bond acceptors (Lipinski definition) is 11. The van der Waals surface area contributed by atoms with E-state index in [1.54, 1.807) is 19.2 Å². The summed E-state index contributed by atoms with van der Waals surface area (Å²) in [5.74, 6) is 2.49. The lowest BCUT2D eigenvalue weighted by atomic mass is 9.77. The van der Waals surface area contributed by atoms with Crippen LogP contribution in [0.3, 0.4) is 0 Å². The lowest BCUT2D eigenvalue weighted by molar-refractivity contribution is -0.143. The van der Waals surface area contributed by atoms with E-state index in [0.717, 1.165) is 49.0 Å². The molecule has 0 heterocycles. The molecule has 470 valence electrons. The molecule has 5 rings (SSSR count). The van der Waals surface area contributed by atoms with Crippen LogP contribution in [0.4, 0.5) is 0 Å². The van der Waals surface area contributed by atoms with Crippen LogP contribution >= 0.6 is 0 Å². The molecule has 0 unspecified atom stereocenters. The Morgan fingerprint density at radius 1 is 0.353 bits per heavy atom. The maximum Gasteiger partial charge on any atom is 0.316 e. The van der Waals surface area contributed by atoms with Gasteiger partial charge >= 0.3 is 29.8 Å². The number of rotatable bonds is 16. The van der Waals surface area contributed by atoms with Gasteiger partial charge in [0.05, 0.1) is 12.5 Å². The van der Waals surface area contributed by atoms with Crippen LogP contribution in [-0.2, 0) is 51.0 Å². The average molecular weight is 1170 g/mol. The van der Waals surface area contributed by atoms with Crippen molar-refractivity contribution in [3.63, 3.8) is 0 Å². The summed E-state index contributed by atoms with van der Waals surface area (Å²) >= 11 is 0. The first-order valence-corrected chi connectivity index (χ1v) is 30.1. The smallest absolute Gasteiger partial charge is 0.316 e. The van der Waals surface area contributed by atoms with Gasteiger partial charge in [-0.15, -0.1) is 0 Å². The largest absolute Gasteiger partial charge is 0.496 e. The number of ether oxygens (including phenoxy) is 6. The van der Waals surface area contributed by atoms with Crippen molar-refractivity contribution in [3.8, 4) is 34.5 Å². The Morgan fingerprint density at radius 2 is 0.718 bits per heavy atom. The Balaban J connectivity index is 0.000000531. The van der Waals surface area contributed by atoms with Crippen molar-refractivity contribution in [2.45, 2.75) is 246 Å². The van der Waals surface area contributed by atoms with Gasteiger partial charge < -0.3 is 28.4 Å². The lowest BCUT2D eigenvalue weighted by Crippen LogP contribution is -2.25. The van der Waals surface area contributed by atoms with Crippen LogP contribution in [0.25, 0.3) is 0 Å². The number of aryl methyl sites for hydroxylation is 3. The molecule has 0 aliphatic carbocycles. The molecule has 0 aliphatic rings. The van der Waals surface area contributed by atoms with Crippen molar-refractivity contribution in [1.82, 2.24) is 0 Å². The molecule has 0 spiro atoms. The molecule has 11 heteroatoms. The van der Waals surface area contributed by atoms with Crippen LogP contribution < -0.4 is 28.4 Å². The Hall–Kier alpha value is -6.75. The summed E-state index contributed by atoms with van der Waals surface area (Å²) in [6.07, 6.45) is 5.34. The van der Waals surface area contributed by atoms with E-state index in [9.17, 15) is 24.0 Å². The minimum absolute atomic E-state index is 0.0418. The highest BCUT2D eigenvalue weighted by Crippen LogP contribution is 2.39. The van der Waals surface area contributed by atoms with Crippen molar-refractivity contribution in [2.24, 2.45) is 5.41 Å². The first kappa shape index (κ1) is 76.3. The monoisotopic (exact) mass is 1170 g/mol. The van der Waals surface area contributed by atoms with Crippen LogP contribution in [0.2, 0.25) is 0 Å². The highest BCUT2D eigenvalue weighted by atomic mass is 16.6. The molecule has 5 aromatic rings. The molecule has 85 heavy (non-hydrogen) atoms. The molecule has 0 fully saturated rings. The molecule has 0 aromatic heterocycles. The number of esters is 5. The molecular formula is C74H108O11. The Morgan fingerprint density at radius 3 is 1.12 bits per heavy atom. The van der Waals surface area contributed by atoms with Crippen LogP contribution in [0, 0.1) is 40.0 Å². The van der Waals surface area contributed by atoms with Crippen LogP contribution in [-0.4, -0.2) is 37.0 Å². The van der Waals surface area contributed by atoms with Gasteiger partial charge in [-0.3, -0.25) is 24.0 Å². The second-order valence-electron chi connectivity index (χ2n) is 26.4. The Labute approximate surface area is 513 Å². The van der Waals surface area contributed by atoms with Gasteiger partial charge in [-0.05, 0) is 219 Å². The molecule has 5 aromatic carbocycles. The standard InChI is InChI=1S/C16H24O2.2C15H22O2.C14H20O3.C14H20O2/c1-7-16(5,6)12-8-10-13(11-9-12)18-14(17)15(2,3)4;1-7-15(5,6)14-10(2)8-13(9-11(14)3)17-12(4)16;1-7-15(5,6)13-8-9-14(17-12(4)16)11(3)10(13)2;1-6-14(3,4)12-8-7-11(17-10(2)15)9-13(12)16-5;1-6-14(4,5)13-8-7-12(9-10(13)2)16-11(3)15/h8-11H,7H2,1-6H3;2*8-9H,7H2,1-6H3;7-9H,6H2,1-5H3;7-9H,6H2,1-5H3. The second kappa shape index (κ2) is 32.7. The molecule has 0 saturated carbocycles. The third-order valence-corrected chi connectivity index (χ3v) is 16.4. The third kappa shape index (κ3) is 23.9. The third-order valence-electron chi connectivity index (χ3n) is 16.4. The molecule has 0 bridgehead atoms. The minimum atomic E-state index is -0.471. The van der Waals surface area contributed by atoms with E-state index in [2.05, 4.69) is 144 Å². The fourth-order valence-corrected chi connectivity index (χ4v) is 9.28. The molecule has 0 atom stereocenters. The number of carbonyl (C=O) groups excluding carboxylic acids is 5. The molecule has 0 radical (unpaired) electrons. The SMILES string of the molecule is CCC(C)(C)c1c(C)cc(OC(C)=O)cc1C.CCC(C)(C)c1ccc(OC(=O)C(C)(C)C)cc1.CCC(C)(C)c1ccc(OC(C)=O)c(C)c1C.CCC(C)(C)c1ccc(OC(C)=O)cc1C.CCC(C)(C)c1ccc(OC(C)=O)cc1OC. The van der Waals surface area contributed by atoms with Gasteiger partial charge in [0, 0.05) is 33.8 Å². The maximum atomic E-state index is 11.7. The highest BCUT2D eigenvalue weighted by Gasteiger charge is 2.27. The van der Waals surface area contributed by atoms with Crippen LogP contribution in [0.15, 0.2) is 84.9 Å². The summed E-state index contributed by atoms with van der Waals surface area (Å²) < 4.78 is 31.1. The van der Waals surface area contributed by atoms with Gasteiger partial charge in [0.2, 0.25) is 0 Å². The molecule has 11 nitrogen and oxygen atoms in total. The highest BCUT2D eigenvalue weighted by molar-refractivity contribution is 5.78. The quantitative estimate of drug-likeness (QED) is 0.0689. The number of methoxy groups -OCH3 is 1. The second-order valence-corrected chi connectivity index (χ2v) is 26.4. The summed E-state index contributed by atoms with van der Waals surface area (Å²) in [6, 6.07) is 27.0.